The first kappa shape index (κ1) is 23.3. The molecule has 2 heterocycles. The third-order valence-corrected chi connectivity index (χ3v) is 8.88. The Bertz CT molecular complexity index is 864. The van der Waals surface area contributed by atoms with Crippen LogP contribution < -0.4 is 14.5 Å². The summed E-state index contributed by atoms with van der Waals surface area (Å²) in [6.45, 7) is 7.75. The lowest BCUT2D eigenvalue weighted by molar-refractivity contribution is -0.768. The summed E-state index contributed by atoms with van der Waals surface area (Å²) in [5.41, 5.74) is 0. The third-order valence-electron chi connectivity index (χ3n) is 4.49. The molecule has 2 rings (SSSR count). The van der Waals surface area contributed by atoms with Crippen LogP contribution in [-0.4, -0.2) is 87.9 Å². The number of nitrogens with one attached hydrogen (secondary N) is 1. The SMILES string of the molecule is CCN(C)S(=O)(=O)Nc1on[n+](N2CCN(S(=O)(=O)N(CC)CC)CC2)c1Br. The van der Waals surface area contributed by atoms with E-state index in [4.69, 9.17) is 4.52 Å². The molecule has 1 saturated heterocycles. The zero-order chi connectivity index (χ0) is 21.1. The fourth-order valence-corrected chi connectivity index (χ4v) is 5.72. The van der Waals surface area contributed by atoms with Gasteiger partial charge in [-0.25, -0.2) is 4.72 Å². The molecule has 1 fully saturated rings. The van der Waals surface area contributed by atoms with Crippen molar-refractivity contribution in [3.05, 3.63) is 4.60 Å². The maximum Gasteiger partial charge on any atom is 0.373 e. The molecule has 1 aliphatic heterocycles. The van der Waals surface area contributed by atoms with Gasteiger partial charge in [0, 0.05) is 55.7 Å². The largest absolute Gasteiger partial charge is 0.373 e. The summed E-state index contributed by atoms with van der Waals surface area (Å²) in [6, 6.07) is 0. The number of rotatable bonds is 9. The van der Waals surface area contributed by atoms with Crippen LogP contribution in [0.15, 0.2) is 9.13 Å². The Hall–Kier alpha value is -1.00. The second kappa shape index (κ2) is 9.21. The van der Waals surface area contributed by atoms with E-state index in [0.717, 1.165) is 4.31 Å². The topological polar surface area (TPSA) is 123 Å². The molecule has 0 atom stereocenters. The van der Waals surface area contributed by atoms with Crippen LogP contribution in [0.4, 0.5) is 5.88 Å². The van der Waals surface area contributed by atoms with E-state index in [1.807, 2.05) is 0 Å². The van der Waals surface area contributed by atoms with Gasteiger partial charge in [0.05, 0.1) is 17.9 Å². The van der Waals surface area contributed by atoms with Gasteiger partial charge >= 0.3 is 20.7 Å². The van der Waals surface area contributed by atoms with Crippen molar-refractivity contribution in [1.29, 1.82) is 0 Å². The Morgan fingerprint density at radius 1 is 1.11 bits per heavy atom. The maximum atomic E-state index is 12.6. The van der Waals surface area contributed by atoms with Crippen LogP contribution in [0.2, 0.25) is 0 Å². The molecule has 1 aromatic rings. The van der Waals surface area contributed by atoms with Gasteiger partial charge in [-0.15, -0.1) is 5.01 Å². The Morgan fingerprint density at radius 3 is 2.18 bits per heavy atom. The minimum atomic E-state index is -3.75. The van der Waals surface area contributed by atoms with Crippen LogP contribution in [0.3, 0.4) is 0 Å². The monoisotopic (exact) mass is 504 g/mol. The average Bonchev–Trinajstić information content (AvgIpc) is 3.01. The van der Waals surface area contributed by atoms with Crippen molar-refractivity contribution in [1.82, 2.24) is 18.2 Å². The van der Waals surface area contributed by atoms with Crippen molar-refractivity contribution in [2.45, 2.75) is 20.8 Å². The zero-order valence-corrected chi connectivity index (χ0v) is 19.6. The fourth-order valence-electron chi connectivity index (χ4n) is 2.66. The number of nitrogens with zero attached hydrogens (tertiary/aromatic N) is 6. The van der Waals surface area contributed by atoms with E-state index in [0.29, 0.717) is 37.3 Å². The van der Waals surface area contributed by atoms with Gasteiger partial charge in [-0.05, 0) is 0 Å². The van der Waals surface area contributed by atoms with E-state index in [1.165, 1.54) is 20.4 Å². The van der Waals surface area contributed by atoms with Gasteiger partial charge in [-0.3, -0.25) is 4.52 Å². The lowest BCUT2D eigenvalue weighted by Crippen LogP contribution is -2.67. The van der Waals surface area contributed by atoms with Crippen LogP contribution in [-0.2, 0) is 20.4 Å². The molecule has 1 aliphatic rings. The first-order chi connectivity index (χ1) is 13.1. The summed E-state index contributed by atoms with van der Waals surface area (Å²) in [5, 5.41) is 5.63. The van der Waals surface area contributed by atoms with E-state index < -0.39 is 20.4 Å². The molecule has 0 aliphatic carbocycles. The Kier molecular flexibility index (Phi) is 7.66. The van der Waals surface area contributed by atoms with Crippen molar-refractivity contribution >= 4 is 42.2 Å². The molecule has 0 amide bonds. The molecule has 0 saturated carbocycles. The van der Waals surface area contributed by atoms with Crippen molar-refractivity contribution < 1.29 is 26.1 Å². The number of halogens is 1. The molecule has 0 spiro atoms. The van der Waals surface area contributed by atoms with Crippen LogP contribution in [0, 0.1) is 0 Å². The van der Waals surface area contributed by atoms with Gasteiger partial charge in [0.1, 0.15) is 0 Å². The molecular formula is C13H27BrN7O5S2+. The molecule has 28 heavy (non-hydrogen) atoms. The molecule has 15 heteroatoms. The fraction of sp³-hybridized carbons (Fsp3) is 0.846. The highest BCUT2D eigenvalue weighted by Crippen LogP contribution is 2.20. The number of anilines is 1. The van der Waals surface area contributed by atoms with E-state index in [9.17, 15) is 16.8 Å². The van der Waals surface area contributed by atoms with Gasteiger partial charge < -0.3 is 0 Å². The van der Waals surface area contributed by atoms with E-state index in [-0.39, 0.29) is 19.0 Å². The summed E-state index contributed by atoms with van der Waals surface area (Å²) in [7, 11) is -5.80. The van der Waals surface area contributed by atoms with Crippen LogP contribution >= 0.6 is 15.9 Å². The molecule has 0 unspecified atom stereocenters. The third kappa shape index (κ3) is 4.76. The van der Waals surface area contributed by atoms with Crippen molar-refractivity contribution in [2.24, 2.45) is 0 Å². The quantitative estimate of drug-likeness (QED) is 0.435. The predicted molar refractivity (Wildman–Crippen MR) is 107 cm³/mol. The van der Waals surface area contributed by atoms with Gasteiger partial charge in [0.25, 0.3) is 10.2 Å². The molecule has 0 radical (unpaired) electrons. The Morgan fingerprint density at radius 2 is 1.68 bits per heavy atom. The highest BCUT2D eigenvalue weighted by molar-refractivity contribution is 9.10. The smallest absolute Gasteiger partial charge is 0.278 e. The first-order valence-corrected chi connectivity index (χ1v) is 12.5. The second-order valence-corrected chi connectivity index (χ2v) is 10.5. The van der Waals surface area contributed by atoms with Gasteiger partial charge in [-0.1, -0.05) is 20.8 Å². The highest BCUT2D eigenvalue weighted by atomic mass is 79.9. The molecular weight excluding hydrogens is 478 g/mol. The Balaban J connectivity index is 2.09. The Labute approximate surface area is 174 Å². The molecule has 0 aromatic carbocycles. The molecule has 1 N–H and O–H groups in total. The summed E-state index contributed by atoms with van der Waals surface area (Å²) < 4.78 is 61.2. The van der Waals surface area contributed by atoms with E-state index >= 15 is 0 Å². The van der Waals surface area contributed by atoms with E-state index in [2.05, 4.69) is 25.9 Å². The van der Waals surface area contributed by atoms with Gasteiger partial charge in [0.2, 0.25) is 5.27 Å². The lowest BCUT2D eigenvalue weighted by Gasteiger charge is -2.32. The highest BCUT2D eigenvalue weighted by Gasteiger charge is 2.37. The van der Waals surface area contributed by atoms with Crippen molar-refractivity contribution in [3.63, 3.8) is 0 Å². The molecule has 0 bridgehead atoms. The number of aromatic nitrogens is 2. The summed E-state index contributed by atoms with van der Waals surface area (Å²) in [6.07, 6.45) is 0. The number of hydrogen-bond acceptors (Lipinski definition) is 7. The van der Waals surface area contributed by atoms with Crippen LogP contribution in [0.1, 0.15) is 20.8 Å². The molecule has 162 valence electrons. The summed E-state index contributed by atoms with van der Waals surface area (Å²) >= 11 is 3.29. The second-order valence-electron chi connectivity index (χ2n) is 6.05. The first-order valence-electron chi connectivity index (χ1n) is 8.90. The molecule has 1 aromatic heterocycles. The zero-order valence-electron chi connectivity index (χ0n) is 16.4. The standard InChI is InChI=1S/C13H27BrN7O5S2/c1-5-17(4)27(22,23)15-13-12(14)21(16-26-13)18-8-10-20(11-9-18)28(24,25)19(6-2)7-3/h15H,5-11H2,1-4H3/q+1. The van der Waals surface area contributed by atoms with Crippen molar-refractivity contribution in [2.75, 3.05) is 62.6 Å². The van der Waals surface area contributed by atoms with Crippen LogP contribution in [0.25, 0.3) is 0 Å². The van der Waals surface area contributed by atoms with E-state index in [1.54, 1.807) is 25.8 Å². The average molecular weight is 505 g/mol. The number of piperazine rings is 1. The van der Waals surface area contributed by atoms with Crippen molar-refractivity contribution in [3.8, 4) is 0 Å². The van der Waals surface area contributed by atoms with Crippen LogP contribution in [0.5, 0.6) is 0 Å². The summed E-state index contributed by atoms with van der Waals surface area (Å²) in [5.74, 6) is -0.0570. The predicted octanol–water partition coefficient (Wildman–Crippen LogP) is -0.827. The van der Waals surface area contributed by atoms with Gasteiger partial charge in [0.15, 0.2) is 0 Å². The molecule has 12 nitrogen and oxygen atoms in total. The lowest BCUT2D eigenvalue weighted by atomic mass is 10.4. The number of hydrogen-bond donors (Lipinski definition) is 1. The van der Waals surface area contributed by atoms with Gasteiger partial charge in [-0.2, -0.15) is 29.8 Å². The maximum absolute atomic E-state index is 12.6. The minimum Gasteiger partial charge on any atom is -0.278 e. The minimum absolute atomic E-state index is 0.0570. The summed E-state index contributed by atoms with van der Waals surface area (Å²) in [4.78, 5) is 1.38. The normalized spacial score (nSPS) is 16.9.